The van der Waals surface area contributed by atoms with Crippen LogP contribution in [-0.4, -0.2) is 10.1 Å². The van der Waals surface area contributed by atoms with Crippen LogP contribution < -0.4 is 5.32 Å². The largest absolute Gasteiger partial charge is 0.506 e. The van der Waals surface area contributed by atoms with Crippen LogP contribution in [0.5, 0.6) is 5.75 Å². The highest BCUT2D eigenvalue weighted by Gasteiger charge is 2.11. The van der Waals surface area contributed by atoms with Crippen molar-refractivity contribution in [3.63, 3.8) is 0 Å². The molecule has 2 aromatic carbocycles. The molecule has 0 saturated carbocycles. The fraction of sp³-hybridized carbons (Fsp3) is 0. The third-order valence-corrected chi connectivity index (χ3v) is 3.50. The van der Waals surface area contributed by atoms with Crippen molar-refractivity contribution in [1.82, 2.24) is 4.98 Å². The molecule has 1 aromatic heterocycles. The minimum Gasteiger partial charge on any atom is -0.506 e. The van der Waals surface area contributed by atoms with Crippen molar-refractivity contribution in [2.24, 2.45) is 0 Å². The molecule has 23 heavy (non-hydrogen) atoms. The van der Waals surface area contributed by atoms with Gasteiger partial charge < -0.3 is 14.8 Å². The van der Waals surface area contributed by atoms with Gasteiger partial charge in [-0.3, -0.25) is 0 Å². The van der Waals surface area contributed by atoms with Crippen molar-refractivity contribution in [3.05, 3.63) is 58.5 Å². The number of halogens is 2. The van der Waals surface area contributed by atoms with Crippen molar-refractivity contribution in [2.45, 2.75) is 0 Å². The summed E-state index contributed by atoms with van der Waals surface area (Å²) in [6.07, 6.45) is 1.39. The number of benzene rings is 2. The van der Waals surface area contributed by atoms with Crippen LogP contribution in [0.1, 0.15) is 5.89 Å². The second-order valence-electron chi connectivity index (χ2n) is 4.61. The lowest BCUT2D eigenvalue weighted by Gasteiger charge is -2.04. The van der Waals surface area contributed by atoms with Crippen molar-refractivity contribution >= 4 is 45.6 Å². The highest BCUT2D eigenvalue weighted by molar-refractivity contribution is 6.31. The van der Waals surface area contributed by atoms with Crippen LogP contribution >= 0.6 is 23.2 Å². The van der Waals surface area contributed by atoms with Crippen molar-refractivity contribution < 1.29 is 9.52 Å². The van der Waals surface area contributed by atoms with Crippen molar-refractivity contribution in [3.8, 4) is 11.8 Å². The Morgan fingerprint density at radius 2 is 1.96 bits per heavy atom. The van der Waals surface area contributed by atoms with Crippen LogP contribution in [0, 0.1) is 11.3 Å². The number of anilines is 1. The van der Waals surface area contributed by atoms with Gasteiger partial charge in [-0.25, -0.2) is 4.98 Å². The van der Waals surface area contributed by atoms with Gasteiger partial charge >= 0.3 is 0 Å². The number of phenolic OH excluding ortho intramolecular Hbond substituents is 1. The molecule has 1 heterocycles. The first kappa shape index (κ1) is 15.2. The maximum absolute atomic E-state index is 9.75. The van der Waals surface area contributed by atoms with Crippen LogP contribution in [-0.2, 0) is 0 Å². The van der Waals surface area contributed by atoms with E-state index in [1.807, 2.05) is 6.07 Å². The molecule has 0 spiro atoms. The van der Waals surface area contributed by atoms with E-state index in [0.29, 0.717) is 26.8 Å². The average Bonchev–Trinajstić information content (AvgIpc) is 2.94. The predicted octanol–water partition coefficient (Wildman–Crippen LogP) is 4.82. The number of aromatic hydroxyl groups is 1. The number of nitriles is 1. The SMILES string of the molecule is N#CC(=CNc1cc(Cl)ccc1O)c1nc2cc(Cl)ccc2o1. The summed E-state index contributed by atoms with van der Waals surface area (Å²) in [5.74, 6) is 0.158. The maximum atomic E-state index is 9.75. The molecule has 0 amide bonds. The molecule has 5 nitrogen and oxygen atoms in total. The van der Waals surface area contributed by atoms with Crippen LogP contribution in [0.2, 0.25) is 10.0 Å². The second kappa shape index (κ2) is 6.21. The summed E-state index contributed by atoms with van der Waals surface area (Å²) in [5, 5.41) is 22.8. The van der Waals surface area contributed by atoms with E-state index < -0.39 is 0 Å². The number of hydrogen-bond donors (Lipinski definition) is 2. The summed E-state index contributed by atoms with van der Waals surface area (Å²) in [6.45, 7) is 0. The van der Waals surface area contributed by atoms with Crippen LogP contribution in [0.15, 0.2) is 47.0 Å². The molecule has 7 heteroatoms. The topological polar surface area (TPSA) is 82.1 Å². The fourth-order valence-corrected chi connectivity index (χ4v) is 2.27. The van der Waals surface area contributed by atoms with Gasteiger partial charge in [0.1, 0.15) is 22.9 Å². The molecule has 0 radical (unpaired) electrons. The Kier molecular flexibility index (Phi) is 4.11. The van der Waals surface area contributed by atoms with Gasteiger partial charge in [0, 0.05) is 16.2 Å². The molecule has 0 unspecified atom stereocenters. The van der Waals surface area contributed by atoms with E-state index in [2.05, 4.69) is 10.3 Å². The fourth-order valence-electron chi connectivity index (χ4n) is 1.93. The Morgan fingerprint density at radius 1 is 1.22 bits per heavy atom. The van der Waals surface area contributed by atoms with Gasteiger partial charge in [-0.1, -0.05) is 23.2 Å². The Labute approximate surface area is 141 Å². The number of rotatable bonds is 3. The van der Waals surface area contributed by atoms with E-state index in [1.54, 1.807) is 24.3 Å². The molecule has 3 rings (SSSR count). The van der Waals surface area contributed by atoms with E-state index in [-0.39, 0.29) is 17.2 Å². The zero-order chi connectivity index (χ0) is 16.4. The number of hydrogen-bond acceptors (Lipinski definition) is 5. The lowest BCUT2D eigenvalue weighted by Crippen LogP contribution is -1.92. The Hall–Kier alpha value is -2.68. The Morgan fingerprint density at radius 3 is 2.74 bits per heavy atom. The zero-order valence-corrected chi connectivity index (χ0v) is 13.1. The van der Waals surface area contributed by atoms with Gasteiger partial charge in [-0.15, -0.1) is 0 Å². The highest BCUT2D eigenvalue weighted by Crippen LogP contribution is 2.28. The number of fused-ring (bicyclic) bond motifs is 1. The molecular formula is C16H9Cl2N3O2. The highest BCUT2D eigenvalue weighted by atomic mass is 35.5. The van der Waals surface area contributed by atoms with Gasteiger partial charge in [0.05, 0.1) is 5.69 Å². The lowest BCUT2D eigenvalue weighted by molar-refractivity contribution is 0.477. The minimum absolute atomic E-state index is 0.00675. The quantitative estimate of drug-likeness (QED) is 0.525. The minimum atomic E-state index is 0.00675. The molecule has 0 bridgehead atoms. The summed E-state index contributed by atoms with van der Waals surface area (Å²) < 4.78 is 5.53. The molecule has 0 aliphatic carbocycles. The molecule has 3 aromatic rings. The van der Waals surface area contributed by atoms with E-state index in [0.717, 1.165) is 0 Å². The third kappa shape index (κ3) is 3.24. The number of oxazole rings is 1. The molecule has 0 aliphatic rings. The number of nitrogens with zero attached hydrogens (tertiary/aromatic N) is 2. The first-order valence-electron chi connectivity index (χ1n) is 6.48. The smallest absolute Gasteiger partial charge is 0.239 e. The Bertz CT molecular complexity index is 958. The lowest BCUT2D eigenvalue weighted by atomic mass is 10.2. The van der Waals surface area contributed by atoms with E-state index in [1.165, 1.54) is 18.3 Å². The van der Waals surface area contributed by atoms with E-state index >= 15 is 0 Å². The molecular weight excluding hydrogens is 337 g/mol. The van der Waals surface area contributed by atoms with Crippen molar-refractivity contribution in [2.75, 3.05) is 5.32 Å². The van der Waals surface area contributed by atoms with E-state index in [4.69, 9.17) is 27.6 Å². The van der Waals surface area contributed by atoms with E-state index in [9.17, 15) is 10.4 Å². The standard InChI is InChI=1S/C16H9Cl2N3O2/c17-10-1-3-14(22)12(5-10)20-8-9(7-19)16-21-13-6-11(18)2-4-15(13)23-16/h1-6,8,20,22H. The second-order valence-corrected chi connectivity index (χ2v) is 5.48. The summed E-state index contributed by atoms with van der Waals surface area (Å²) in [6, 6.07) is 11.5. The van der Waals surface area contributed by atoms with Gasteiger partial charge in [-0.05, 0) is 36.4 Å². The maximum Gasteiger partial charge on any atom is 0.239 e. The molecule has 2 N–H and O–H groups in total. The van der Waals surface area contributed by atoms with Gasteiger partial charge in [0.15, 0.2) is 5.58 Å². The molecule has 0 saturated heterocycles. The first-order valence-corrected chi connectivity index (χ1v) is 7.24. The number of nitrogens with one attached hydrogen (secondary N) is 1. The normalized spacial score (nSPS) is 11.4. The third-order valence-electron chi connectivity index (χ3n) is 3.03. The predicted molar refractivity (Wildman–Crippen MR) is 89.3 cm³/mol. The average molecular weight is 346 g/mol. The van der Waals surface area contributed by atoms with Gasteiger partial charge in [0.2, 0.25) is 5.89 Å². The number of aromatic nitrogens is 1. The summed E-state index contributed by atoms with van der Waals surface area (Å²) in [4.78, 5) is 4.23. The number of allylic oxidation sites excluding steroid dienone is 1. The zero-order valence-electron chi connectivity index (χ0n) is 11.5. The summed E-state index contributed by atoms with van der Waals surface area (Å²) >= 11 is 11.8. The van der Waals surface area contributed by atoms with Crippen LogP contribution in [0.3, 0.4) is 0 Å². The number of phenols is 1. The van der Waals surface area contributed by atoms with Gasteiger partial charge in [0.25, 0.3) is 0 Å². The van der Waals surface area contributed by atoms with Crippen LogP contribution in [0.4, 0.5) is 5.69 Å². The van der Waals surface area contributed by atoms with Gasteiger partial charge in [-0.2, -0.15) is 5.26 Å². The van der Waals surface area contributed by atoms with Crippen LogP contribution in [0.25, 0.3) is 16.7 Å². The molecule has 0 atom stereocenters. The summed E-state index contributed by atoms with van der Waals surface area (Å²) in [7, 11) is 0. The summed E-state index contributed by atoms with van der Waals surface area (Å²) in [5.41, 5.74) is 1.61. The first-order chi connectivity index (χ1) is 11.1. The molecule has 0 fully saturated rings. The molecule has 0 aliphatic heterocycles. The monoisotopic (exact) mass is 345 g/mol. The molecule has 114 valence electrons. The van der Waals surface area contributed by atoms with Crippen molar-refractivity contribution in [1.29, 1.82) is 5.26 Å². The Balaban J connectivity index is 1.94.